The van der Waals surface area contributed by atoms with Crippen LogP contribution in [0, 0.1) is 18.6 Å². The van der Waals surface area contributed by atoms with Crippen LogP contribution >= 0.6 is 23.2 Å². The molecule has 21 heavy (non-hydrogen) atoms. The van der Waals surface area contributed by atoms with Gasteiger partial charge in [-0.15, -0.1) is 0 Å². The van der Waals surface area contributed by atoms with Crippen LogP contribution in [0.2, 0.25) is 10.0 Å². The van der Waals surface area contributed by atoms with Crippen molar-refractivity contribution in [2.24, 2.45) is 0 Å². The molecular formula is C16H15Cl2F2N. The summed E-state index contributed by atoms with van der Waals surface area (Å²) in [6.07, 6.45) is 0. The fraction of sp³-hybridized carbons (Fsp3) is 0.250. The third kappa shape index (κ3) is 3.37. The van der Waals surface area contributed by atoms with E-state index in [9.17, 15) is 8.78 Å². The van der Waals surface area contributed by atoms with Crippen molar-refractivity contribution < 1.29 is 8.78 Å². The summed E-state index contributed by atoms with van der Waals surface area (Å²) in [7, 11) is 0. The SMILES string of the molecule is CCNC(c1cc(Cl)ccc1Cl)c1ccc(C)c(F)c1F. The zero-order chi connectivity index (χ0) is 15.6. The van der Waals surface area contributed by atoms with Gasteiger partial charge >= 0.3 is 0 Å². The first-order valence-corrected chi connectivity index (χ1v) is 7.34. The molecule has 0 spiro atoms. The Labute approximate surface area is 132 Å². The first-order valence-electron chi connectivity index (χ1n) is 6.58. The van der Waals surface area contributed by atoms with Gasteiger partial charge in [0.15, 0.2) is 11.6 Å². The van der Waals surface area contributed by atoms with E-state index < -0.39 is 17.7 Å². The highest BCUT2D eigenvalue weighted by atomic mass is 35.5. The summed E-state index contributed by atoms with van der Waals surface area (Å²) >= 11 is 12.2. The Balaban J connectivity index is 2.59. The molecular weight excluding hydrogens is 315 g/mol. The van der Waals surface area contributed by atoms with Gasteiger partial charge in [-0.05, 0) is 42.8 Å². The van der Waals surface area contributed by atoms with Crippen LogP contribution in [0.5, 0.6) is 0 Å². The van der Waals surface area contributed by atoms with Gasteiger partial charge in [0.2, 0.25) is 0 Å². The third-order valence-corrected chi connectivity index (χ3v) is 3.87. The van der Waals surface area contributed by atoms with E-state index in [-0.39, 0.29) is 11.1 Å². The molecule has 0 aliphatic carbocycles. The van der Waals surface area contributed by atoms with Crippen molar-refractivity contribution in [1.82, 2.24) is 5.32 Å². The third-order valence-electron chi connectivity index (χ3n) is 3.29. The lowest BCUT2D eigenvalue weighted by Crippen LogP contribution is -2.24. The monoisotopic (exact) mass is 329 g/mol. The lowest BCUT2D eigenvalue weighted by molar-refractivity contribution is 0.478. The van der Waals surface area contributed by atoms with Gasteiger partial charge in [-0.3, -0.25) is 0 Å². The molecule has 0 radical (unpaired) electrons. The largest absolute Gasteiger partial charge is 0.306 e. The maximum atomic E-state index is 14.3. The highest BCUT2D eigenvalue weighted by molar-refractivity contribution is 6.33. The number of aryl methyl sites for hydroxylation is 1. The van der Waals surface area contributed by atoms with Gasteiger partial charge in [0.05, 0.1) is 6.04 Å². The molecule has 0 bridgehead atoms. The van der Waals surface area contributed by atoms with Crippen LogP contribution in [0.4, 0.5) is 8.78 Å². The molecule has 0 saturated carbocycles. The topological polar surface area (TPSA) is 12.0 Å². The van der Waals surface area contributed by atoms with Crippen molar-refractivity contribution in [3.8, 4) is 0 Å². The highest BCUT2D eigenvalue weighted by Crippen LogP contribution is 2.33. The molecule has 0 saturated heterocycles. The zero-order valence-electron chi connectivity index (χ0n) is 11.7. The summed E-state index contributed by atoms with van der Waals surface area (Å²) in [5.41, 5.74) is 1.10. The van der Waals surface area contributed by atoms with Crippen molar-refractivity contribution in [1.29, 1.82) is 0 Å². The fourth-order valence-electron chi connectivity index (χ4n) is 2.21. The standard InChI is InChI=1S/C16H15Cl2F2N/c1-3-21-16(12-8-10(17)5-7-13(12)18)11-6-4-9(2)14(19)15(11)20/h4-8,16,21H,3H2,1-2H3. The lowest BCUT2D eigenvalue weighted by atomic mass is 9.96. The smallest absolute Gasteiger partial charge is 0.164 e. The van der Waals surface area contributed by atoms with E-state index in [2.05, 4.69) is 5.32 Å². The predicted octanol–water partition coefficient (Wildman–Crippen LogP) is 5.28. The van der Waals surface area contributed by atoms with Crippen LogP contribution in [0.25, 0.3) is 0 Å². The van der Waals surface area contributed by atoms with Crippen LogP contribution in [0.1, 0.15) is 29.7 Å². The molecule has 0 aliphatic heterocycles. The molecule has 2 rings (SSSR count). The number of hydrogen-bond acceptors (Lipinski definition) is 1. The minimum Gasteiger partial charge on any atom is -0.306 e. The lowest BCUT2D eigenvalue weighted by Gasteiger charge is -2.21. The Morgan fingerprint density at radius 1 is 1.05 bits per heavy atom. The molecule has 1 N–H and O–H groups in total. The minimum atomic E-state index is -0.864. The molecule has 112 valence electrons. The van der Waals surface area contributed by atoms with E-state index >= 15 is 0 Å². The first-order chi connectivity index (χ1) is 9.95. The molecule has 2 aromatic rings. The summed E-state index contributed by atoms with van der Waals surface area (Å²) in [5.74, 6) is -1.70. The normalized spacial score (nSPS) is 12.5. The second kappa shape index (κ2) is 6.73. The van der Waals surface area contributed by atoms with Crippen molar-refractivity contribution in [3.63, 3.8) is 0 Å². The van der Waals surface area contributed by atoms with Gasteiger partial charge < -0.3 is 5.32 Å². The molecule has 0 aliphatic rings. The quantitative estimate of drug-likeness (QED) is 0.804. The van der Waals surface area contributed by atoms with Gasteiger partial charge in [-0.1, -0.05) is 42.3 Å². The maximum Gasteiger partial charge on any atom is 0.164 e. The van der Waals surface area contributed by atoms with E-state index in [1.165, 1.54) is 6.92 Å². The van der Waals surface area contributed by atoms with Crippen molar-refractivity contribution in [2.45, 2.75) is 19.9 Å². The van der Waals surface area contributed by atoms with Crippen LogP contribution in [0.3, 0.4) is 0 Å². The fourth-order valence-corrected chi connectivity index (χ4v) is 2.62. The van der Waals surface area contributed by atoms with E-state index in [1.807, 2.05) is 6.92 Å². The minimum absolute atomic E-state index is 0.212. The molecule has 0 fully saturated rings. The molecule has 1 unspecified atom stereocenters. The average molecular weight is 330 g/mol. The van der Waals surface area contributed by atoms with Crippen LogP contribution in [-0.2, 0) is 0 Å². The number of benzene rings is 2. The summed E-state index contributed by atoms with van der Waals surface area (Å²) in [6, 6.07) is 7.52. The molecule has 1 nitrogen and oxygen atoms in total. The van der Waals surface area contributed by atoms with E-state index in [1.54, 1.807) is 30.3 Å². The Morgan fingerprint density at radius 3 is 2.43 bits per heavy atom. The summed E-state index contributed by atoms with van der Waals surface area (Å²) < 4.78 is 28.1. The second-order valence-electron chi connectivity index (χ2n) is 4.76. The van der Waals surface area contributed by atoms with E-state index in [0.717, 1.165) is 0 Å². The second-order valence-corrected chi connectivity index (χ2v) is 5.60. The average Bonchev–Trinajstić information content (AvgIpc) is 2.46. The van der Waals surface area contributed by atoms with Crippen LogP contribution < -0.4 is 5.32 Å². The van der Waals surface area contributed by atoms with Gasteiger partial charge in [0.25, 0.3) is 0 Å². The highest BCUT2D eigenvalue weighted by Gasteiger charge is 2.22. The molecule has 0 amide bonds. The van der Waals surface area contributed by atoms with Gasteiger partial charge in [-0.25, -0.2) is 8.78 Å². The Morgan fingerprint density at radius 2 is 1.76 bits per heavy atom. The van der Waals surface area contributed by atoms with Gasteiger partial charge in [0, 0.05) is 15.6 Å². The summed E-state index contributed by atoms with van der Waals surface area (Å²) in [6.45, 7) is 3.98. The number of hydrogen-bond donors (Lipinski definition) is 1. The number of halogens is 4. The van der Waals surface area contributed by atoms with Crippen LogP contribution in [0.15, 0.2) is 30.3 Å². The molecule has 0 aromatic heterocycles. The first kappa shape index (κ1) is 16.2. The van der Waals surface area contributed by atoms with E-state index in [0.29, 0.717) is 22.2 Å². The van der Waals surface area contributed by atoms with Crippen molar-refractivity contribution in [2.75, 3.05) is 6.54 Å². The molecule has 1 atom stereocenters. The van der Waals surface area contributed by atoms with Crippen LogP contribution in [-0.4, -0.2) is 6.54 Å². The Hall–Kier alpha value is -1.16. The van der Waals surface area contributed by atoms with E-state index in [4.69, 9.17) is 23.2 Å². The Bertz CT molecular complexity index is 659. The molecule has 2 aromatic carbocycles. The zero-order valence-corrected chi connectivity index (χ0v) is 13.2. The summed E-state index contributed by atoms with van der Waals surface area (Å²) in [5, 5.41) is 4.06. The van der Waals surface area contributed by atoms with Crippen molar-refractivity contribution in [3.05, 3.63) is 68.7 Å². The predicted molar refractivity (Wildman–Crippen MR) is 83.1 cm³/mol. The number of rotatable bonds is 4. The summed E-state index contributed by atoms with van der Waals surface area (Å²) in [4.78, 5) is 0. The number of nitrogens with one attached hydrogen (secondary N) is 1. The van der Waals surface area contributed by atoms with Gasteiger partial charge in [-0.2, -0.15) is 0 Å². The Kier molecular flexibility index (Phi) is 5.20. The maximum absolute atomic E-state index is 14.3. The van der Waals surface area contributed by atoms with Crippen molar-refractivity contribution >= 4 is 23.2 Å². The molecule has 5 heteroatoms. The van der Waals surface area contributed by atoms with Gasteiger partial charge in [0.1, 0.15) is 0 Å². The molecule has 0 heterocycles.